The van der Waals surface area contributed by atoms with Crippen molar-refractivity contribution in [3.8, 4) is 0 Å². The molecule has 1 fully saturated rings. The lowest BCUT2D eigenvalue weighted by atomic mass is 10.2. The van der Waals surface area contributed by atoms with E-state index in [0.717, 1.165) is 31.9 Å². The first-order chi connectivity index (χ1) is 14.3. The topological polar surface area (TPSA) is 69.7 Å². The van der Waals surface area contributed by atoms with Gasteiger partial charge in [0.05, 0.1) is 15.7 Å². The number of hydrogen-bond donors (Lipinski definition) is 1. The third kappa shape index (κ3) is 5.17. The number of rotatable bonds is 7. The van der Waals surface area contributed by atoms with E-state index in [1.165, 1.54) is 18.2 Å². The first kappa shape index (κ1) is 22.2. The Morgan fingerprint density at radius 3 is 2.30 bits per heavy atom. The molecule has 1 aliphatic rings. The van der Waals surface area contributed by atoms with Crippen molar-refractivity contribution in [3.05, 3.63) is 59.9 Å². The van der Waals surface area contributed by atoms with Gasteiger partial charge in [-0.3, -0.25) is 9.69 Å². The lowest BCUT2D eigenvalue weighted by Crippen LogP contribution is -2.48. The molecule has 0 saturated carbocycles. The maximum absolute atomic E-state index is 13.1. The van der Waals surface area contributed by atoms with Crippen LogP contribution in [-0.2, 0) is 9.84 Å². The molecule has 1 aliphatic heterocycles. The fourth-order valence-electron chi connectivity index (χ4n) is 3.46. The van der Waals surface area contributed by atoms with Crippen molar-refractivity contribution < 1.29 is 17.6 Å². The van der Waals surface area contributed by atoms with E-state index in [0.29, 0.717) is 13.1 Å². The number of benzene rings is 2. The van der Waals surface area contributed by atoms with Crippen LogP contribution < -0.4 is 10.2 Å². The predicted octanol–water partition coefficient (Wildman–Crippen LogP) is 2.56. The number of amides is 1. The highest BCUT2D eigenvalue weighted by Gasteiger charge is 2.25. The third-order valence-electron chi connectivity index (χ3n) is 5.34. The van der Waals surface area contributed by atoms with E-state index < -0.39 is 15.1 Å². The summed E-state index contributed by atoms with van der Waals surface area (Å²) in [6.07, 6.45) is 0. The quantitative estimate of drug-likeness (QED) is 0.727. The molecule has 6 nitrogen and oxygen atoms in total. The molecule has 2 aromatic rings. The van der Waals surface area contributed by atoms with Gasteiger partial charge in [0.15, 0.2) is 9.84 Å². The van der Waals surface area contributed by atoms with Gasteiger partial charge in [0, 0.05) is 45.0 Å². The average Bonchev–Trinajstić information content (AvgIpc) is 2.74. The molecular weight excluding hydrogens is 405 g/mol. The number of nitrogens with zero attached hydrogens (tertiary/aromatic N) is 2. The van der Waals surface area contributed by atoms with Crippen molar-refractivity contribution in [1.29, 1.82) is 0 Å². The minimum Gasteiger partial charge on any atom is -0.369 e. The van der Waals surface area contributed by atoms with Crippen LogP contribution in [0.3, 0.4) is 0 Å². The first-order valence-electron chi connectivity index (χ1n) is 10.1. The number of nitrogens with one attached hydrogen (secondary N) is 1. The van der Waals surface area contributed by atoms with Gasteiger partial charge in [0.1, 0.15) is 5.82 Å². The summed E-state index contributed by atoms with van der Waals surface area (Å²) in [6, 6.07) is 12.8. The highest BCUT2D eigenvalue weighted by molar-refractivity contribution is 7.92. The van der Waals surface area contributed by atoms with Gasteiger partial charge in [-0.05, 0) is 50.2 Å². The molecule has 30 heavy (non-hydrogen) atoms. The first-order valence-corrected chi connectivity index (χ1v) is 11.7. The summed E-state index contributed by atoms with van der Waals surface area (Å²) in [5.74, 6) is -0.615. The van der Waals surface area contributed by atoms with Crippen LogP contribution in [0.25, 0.3) is 0 Å². The zero-order valence-corrected chi connectivity index (χ0v) is 18.2. The Bertz CT molecular complexity index is 969. The lowest BCUT2D eigenvalue weighted by molar-refractivity contribution is 0.0944. The summed E-state index contributed by atoms with van der Waals surface area (Å²) < 4.78 is 38.1. The Morgan fingerprint density at radius 1 is 1.03 bits per heavy atom. The third-order valence-corrected chi connectivity index (χ3v) is 7.55. The largest absolute Gasteiger partial charge is 0.369 e. The van der Waals surface area contributed by atoms with Gasteiger partial charge in [-0.25, -0.2) is 12.8 Å². The van der Waals surface area contributed by atoms with Crippen LogP contribution in [0.4, 0.5) is 10.1 Å². The van der Waals surface area contributed by atoms with Crippen LogP contribution >= 0.6 is 0 Å². The standard InChI is InChI=1S/C22H28FN3O3S/c1-17(2)30(28,29)21-6-4-3-5-20(21)22(27)24-11-12-25-13-15-26(16-14-25)19-9-7-18(23)8-10-19/h3-10,17H,11-16H2,1-2H3,(H,24,27). The van der Waals surface area contributed by atoms with E-state index in [9.17, 15) is 17.6 Å². The molecule has 3 rings (SSSR count). The second-order valence-corrected chi connectivity index (χ2v) is 10.1. The van der Waals surface area contributed by atoms with Gasteiger partial charge >= 0.3 is 0 Å². The number of sulfone groups is 1. The van der Waals surface area contributed by atoms with Gasteiger partial charge in [-0.1, -0.05) is 12.1 Å². The molecule has 1 heterocycles. The van der Waals surface area contributed by atoms with Crippen LogP contribution in [0.2, 0.25) is 0 Å². The van der Waals surface area contributed by atoms with Crippen molar-refractivity contribution in [1.82, 2.24) is 10.2 Å². The van der Waals surface area contributed by atoms with Crippen LogP contribution in [0.1, 0.15) is 24.2 Å². The van der Waals surface area contributed by atoms with E-state index in [2.05, 4.69) is 15.1 Å². The normalized spacial score (nSPS) is 15.4. The molecule has 0 radical (unpaired) electrons. The van der Waals surface area contributed by atoms with Crippen LogP contribution in [0.15, 0.2) is 53.4 Å². The lowest BCUT2D eigenvalue weighted by Gasteiger charge is -2.36. The molecule has 0 spiro atoms. The van der Waals surface area contributed by atoms with Gasteiger partial charge in [0.2, 0.25) is 0 Å². The van der Waals surface area contributed by atoms with E-state index in [-0.39, 0.29) is 22.2 Å². The van der Waals surface area contributed by atoms with Gasteiger partial charge < -0.3 is 10.2 Å². The Labute approximate surface area is 177 Å². The molecule has 1 amide bonds. The fraction of sp³-hybridized carbons (Fsp3) is 0.409. The van der Waals surface area contributed by atoms with Gasteiger partial charge in [0.25, 0.3) is 5.91 Å². The van der Waals surface area contributed by atoms with Crippen molar-refractivity contribution in [2.75, 3.05) is 44.2 Å². The molecule has 0 aromatic heterocycles. The van der Waals surface area contributed by atoms with Crippen molar-refractivity contribution in [2.24, 2.45) is 0 Å². The van der Waals surface area contributed by atoms with Crippen LogP contribution in [-0.4, -0.2) is 63.7 Å². The zero-order valence-electron chi connectivity index (χ0n) is 17.3. The minimum atomic E-state index is -3.53. The number of halogens is 1. The summed E-state index contributed by atoms with van der Waals surface area (Å²) in [5.41, 5.74) is 1.19. The number of carbonyl (C=O) groups excluding carboxylic acids is 1. The minimum absolute atomic E-state index is 0.0745. The zero-order chi connectivity index (χ0) is 21.7. The van der Waals surface area contributed by atoms with E-state index in [1.807, 2.05) is 0 Å². The molecule has 1 N–H and O–H groups in total. The highest BCUT2D eigenvalue weighted by atomic mass is 32.2. The maximum atomic E-state index is 13.1. The summed E-state index contributed by atoms with van der Waals surface area (Å²) in [7, 11) is -3.53. The molecule has 0 unspecified atom stereocenters. The number of anilines is 1. The smallest absolute Gasteiger partial charge is 0.252 e. The maximum Gasteiger partial charge on any atom is 0.252 e. The fourth-order valence-corrected chi connectivity index (χ4v) is 4.70. The SMILES string of the molecule is CC(C)S(=O)(=O)c1ccccc1C(=O)NCCN1CCN(c2ccc(F)cc2)CC1. The average molecular weight is 434 g/mol. The molecule has 0 atom stereocenters. The van der Waals surface area contributed by atoms with Crippen molar-refractivity contribution in [3.63, 3.8) is 0 Å². The molecule has 2 aromatic carbocycles. The molecule has 0 bridgehead atoms. The molecule has 0 aliphatic carbocycles. The van der Waals surface area contributed by atoms with E-state index in [1.54, 1.807) is 44.2 Å². The second kappa shape index (κ2) is 9.57. The van der Waals surface area contributed by atoms with Gasteiger partial charge in [-0.2, -0.15) is 0 Å². The Hall–Kier alpha value is -2.45. The Balaban J connectivity index is 1.51. The van der Waals surface area contributed by atoms with Gasteiger partial charge in [-0.15, -0.1) is 0 Å². The molecular formula is C22H28FN3O3S. The Morgan fingerprint density at radius 2 is 1.67 bits per heavy atom. The van der Waals surface area contributed by atoms with Crippen molar-refractivity contribution >= 4 is 21.4 Å². The number of hydrogen-bond acceptors (Lipinski definition) is 5. The number of piperazine rings is 1. The second-order valence-electron chi connectivity index (χ2n) is 7.65. The summed E-state index contributed by atoms with van der Waals surface area (Å²) in [6.45, 7) is 7.67. The molecule has 162 valence electrons. The monoisotopic (exact) mass is 433 g/mol. The predicted molar refractivity (Wildman–Crippen MR) is 116 cm³/mol. The van der Waals surface area contributed by atoms with E-state index in [4.69, 9.17) is 0 Å². The van der Waals surface area contributed by atoms with Crippen LogP contribution in [0.5, 0.6) is 0 Å². The summed E-state index contributed by atoms with van der Waals surface area (Å²) >= 11 is 0. The number of carbonyl (C=O) groups is 1. The molecule has 1 saturated heterocycles. The van der Waals surface area contributed by atoms with E-state index >= 15 is 0 Å². The summed E-state index contributed by atoms with van der Waals surface area (Å²) in [5, 5.41) is 2.25. The Kier molecular flexibility index (Phi) is 7.10. The van der Waals surface area contributed by atoms with Crippen molar-refractivity contribution in [2.45, 2.75) is 24.0 Å². The van der Waals surface area contributed by atoms with Crippen LogP contribution in [0, 0.1) is 5.82 Å². The highest BCUT2D eigenvalue weighted by Crippen LogP contribution is 2.20. The molecule has 8 heteroatoms. The summed E-state index contributed by atoms with van der Waals surface area (Å²) in [4.78, 5) is 17.1.